The molecule has 0 fully saturated rings. The molecule has 7 heteroatoms. The molecular formula is C25H25NO6. The first-order chi connectivity index (χ1) is 15.3. The molecule has 1 amide bonds. The summed E-state index contributed by atoms with van der Waals surface area (Å²) in [5.74, 6) is -2.61. The number of carbonyl (C=O) groups excluding carboxylic acids is 3. The van der Waals surface area contributed by atoms with Gasteiger partial charge in [-0.05, 0) is 23.5 Å². The first kappa shape index (κ1) is 22.8. The van der Waals surface area contributed by atoms with Gasteiger partial charge in [-0.25, -0.2) is 9.59 Å². The zero-order valence-corrected chi connectivity index (χ0v) is 18.1. The predicted molar refractivity (Wildman–Crippen MR) is 119 cm³/mol. The molecule has 2 aromatic rings. The monoisotopic (exact) mass is 435 g/mol. The van der Waals surface area contributed by atoms with Gasteiger partial charge >= 0.3 is 11.9 Å². The number of nitrogens with one attached hydrogen (secondary N) is 1. The molecule has 1 aliphatic rings. The quantitative estimate of drug-likeness (QED) is 0.509. The second kappa shape index (κ2) is 9.96. The molecule has 166 valence electrons. The van der Waals surface area contributed by atoms with E-state index in [9.17, 15) is 19.5 Å². The van der Waals surface area contributed by atoms with Gasteiger partial charge in [0.05, 0.1) is 12.7 Å². The number of amides is 1. The van der Waals surface area contributed by atoms with Crippen LogP contribution in [-0.2, 0) is 23.9 Å². The topological polar surface area (TPSA) is 102 Å². The van der Waals surface area contributed by atoms with E-state index in [2.05, 4.69) is 5.32 Å². The Labute approximate surface area is 186 Å². The van der Waals surface area contributed by atoms with Crippen LogP contribution in [-0.4, -0.2) is 36.1 Å². The van der Waals surface area contributed by atoms with Gasteiger partial charge in [0.1, 0.15) is 11.6 Å². The van der Waals surface area contributed by atoms with Crippen LogP contribution < -0.4 is 5.32 Å². The van der Waals surface area contributed by atoms with E-state index in [1.165, 1.54) is 7.11 Å². The van der Waals surface area contributed by atoms with Crippen LogP contribution in [0.3, 0.4) is 0 Å². The lowest BCUT2D eigenvalue weighted by Crippen LogP contribution is -2.43. The molecule has 0 saturated carbocycles. The van der Waals surface area contributed by atoms with E-state index in [1.807, 2.05) is 13.8 Å². The van der Waals surface area contributed by atoms with E-state index in [0.29, 0.717) is 17.5 Å². The summed E-state index contributed by atoms with van der Waals surface area (Å²) in [4.78, 5) is 38.2. The molecule has 0 saturated heterocycles. The number of cyclic esters (lactones) is 1. The molecule has 32 heavy (non-hydrogen) atoms. The number of esters is 2. The molecule has 2 N–H and O–H groups in total. The van der Waals surface area contributed by atoms with Crippen molar-refractivity contribution < 1.29 is 29.0 Å². The Hall–Kier alpha value is -3.87. The van der Waals surface area contributed by atoms with Crippen molar-refractivity contribution in [3.05, 3.63) is 83.3 Å². The van der Waals surface area contributed by atoms with Gasteiger partial charge < -0.3 is 19.9 Å². The van der Waals surface area contributed by atoms with E-state index < -0.39 is 29.6 Å². The van der Waals surface area contributed by atoms with E-state index in [4.69, 9.17) is 9.47 Å². The van der Waals surface area contributed by atoms with Crippen molar-refractivity contribution in [3.8, 4) is 0 Å². The fourth-order valence-corrected chi connectivity index (χ4v) is 3.46. The van der Waals surface area contributed by atoms with Crippen LogP contribution in [0.5, 0.6) is 0 Å². The molecule has 0 bridgehead atoms. The number of carbonyl (C=O) groups is 3. The Morgan fingerprint density at radius 3 is 2.19 bits per heavy atom. The molecule has 3 rings (SSSR count). The van der Waals surface area contributed by atoms with Gasteiger partial charge in [0.15, 0.2) is 11.5 Å². The van der Waals surface area contributed by atoms with Gasteiger partial charge in [-0.15, -0.1) is 0 Å². The summed E-state index contributed by atoms with van der Waals surface area (Å²) in [7, 11) is 1.25. The molecule has 1 heterocycles. The summed E-state index contributed by atoms with van der Waals surface area (Å²) in [6.07, 6.45) is 0.354. The van der Waals surface area contributed by atoms with Gasteiger partial charge in [-0.3, -0.25) is 4.79 Å². The first-order valence-electron chi connectivity index (χ1n) is 10.2. The Morgan fingerprint density at radius 1 is 1.03 bits per heavy atom. The predicted octanol–water partition coefficient (Wildman–Crippen LogP) is 3.63. The summed E-state index contributed by atoms with van der Waals surface area (Å²) in [5.41, 5.74) is 0.792. The van der Waals surface area contributed by atoms with Crippen molar-refractivity contribution in [1.82, 2.24) is 5.32 Å². The van der Waals surface area contributed by atoms with Crippen molar-refractivity contribution in [2.75, 3.05) is 7.11 Å². The van der Waals surface area contributed by atoms with E-state index in [0.717, 1.165) is 0 Å². The lowest BCUT2D eigenvalue weighted by molar-refractivity contribution is -0.145. The first-order valence-corrected chi connectivity index (χ1v) is 10.2. The number of ether oxygens (including phenoxy) is 2. The highest BCUT2D eigenvalue weighted by atomic mass is 16.6. The number of benzene rings is 2. The van der Waals surface area contributed by atoms with Crippen LogP contribution in [0.2, 0.25) is 0 Å². The van der Waals surface area contributed by atoms with E-state index in [-0.39, 0.29) is 22.8 Å². The maximum absolute atomic E-state index is 13.3. The average Bonchev–Trinajstić information content (AvgIpc) is 3.07. The number of methoxy groups -OCH3 is 1. The lowest BCUT2D eigenvalue weighted by Gasteiger charge is -2.20. The third kappa shape index (κ3) is 4.88. The van der Waals surface area contributed by atoms with Crippen molar-refractivity contribution in [1.29, 1.82) is 0 Å². The largest absolute Gasteiger partial charge is 0.504 e. The molecule has 7 nitrogen and oxygen atoms in total. The number of aliphatic hydroxyl groups is 1. The summed E-state index contributed by atoms with van der Waals surface area (Å²) in [5, 5.41) is 13.6. The number of hydrogen-bond acceptors (Lipinski definition) is 6. The molecule has 0 radical (unpaired) electrons. The molecule has 1 atom stereocenters. The summed E-state index contributed by atoms with van der Waals surface area (Å²) < 4.78 is 10.2. The molecule has 0 spiro atoms. The van der Waals surface area contributed by atoms with Crippen molar-refractivity contribution in [2.24, 2.45) is 5.92 Å². The van der Waals surface area contributed by atoms with Gasteiger partial charge in [-0.2, -0.15) is 0 Å². The number of hydrogen-bond donors (Lipinski definition) is 2. The molecular weight excluding hydrogens is 410 g/mol. The normalized spacial score (nSPS) is 15.9. The zero-order valence-electron chi connectivity index (χ0n) is 18.1. The van der Waals surface area contributed by atoms with Crippen LogP contribution in [0.25, 0.3) is 11.1 Å². The Balaban J connectivity index is 2.10. The second-order valence-corrected chi connectivity index (χ2v) is 7.73. The highest BCUT2D eigenvalue weighted by Gasteiger charge is 2.36. The Kier molecular flexibility index (Phi) is 7.10. The fourth-order valence-electron chi connectivity index (χ4n) is 3.46. The van der Waals surface area contributed by atoms with Crippen LogP contribution in [0.1, 0.15) is 31.4 Å². The maximum Gasteiger partial charge on any atom is 0.348 e. The number of aliphatic hydroxyl groups excluding tert-OH is 1. The Morgan fingerprint density at radius 2 is 1.62 bits per heavy atom. The maximum atomic E-state index is 13.3. The molecule has 2 aromatic carbocycles. The zero-order chi connectivity index (χ0) is 23.3. The van der Waals surface area contributed by atoms with E-state index >= 15 is 0 Å². The molecule has 0 aromatic heterocycles. The van der Waals surface area contributed by atoms with Crippen LogP contribution in [0.4, 0.5) is 0 Å². The molecule has 1 aliphatic heterocycles. The van der Waals surface area contributed by atoms with Gasteiger partial charge in [0.25, 0.3) is 5.91 Å². The summed E-state index contributed by atoms with van der Waals surface area (Å²) in [6, 6.07) is 16.2. The number of rotatable bonds is 7. The summed E-state index contributed by atoms with van der Waals surface area (Å²) >= 11 is 0. The van der Waals surface area contributed by atoms with Crippen LogP contribution in [0, 0.1) is 5.92 Å². The molecule has 0 unspecified atom stereocenters. The minimum atomic E-state index is -0.899. The minimum absolute atomic E-state index is 0.0338. The Bertz CT molecular complexity index is 1070. The SMILES string of the molecule is COC(=O)[C@H](CC(C)C)NC(=O)/C(=C1\OC(=O)C(c2ccccc2)=C1O)c1ccccc1. The minimum Gasteiger partial charge on any atom is -0.504 e. The van der Waals surface area contributed by atoms with Gasteiger partial charge in [0.2, 0.25) is 0 Å². The van der Waals surface area contributed by atoms with Gasteiger partial charge in [-0.1, -0.05) is 74.5 Å². The van der Waals surface area contributed by atoms with Crippen molar-refractivity contribution >= 4 is 29.0 Å². The van der Waals surface area contributed by atoms with Crippen molar-refractivity contribution in [2.45, 2.75) is 26.3 Å². The standard InChI is InChI=1S/C25H25NO6/c1-15(2)14-18(24(29)31-3)26-23(28)20(17-12-8-5-9-13-17)22-21(27)19(25(30)32-22)16-10-6-4-7-11-16/h4-13,15,18,27H,14H2,1-3H3,(H,26,28)/b22-20-/t18-/m0/s1. The fraction of sp³-hybridized carbons (Fsp3) is 0.240. The van der Waals surface area contributed by atoms with Crippen LogP contribution >= 0.6 is 0 Å². The van der Waals surface area contributed by atoms with Gasteiger partial charge in [0, 0.05) is 0 Å². The third-order valence-electron chi connectivity index (χ3n) is 4.93. The van der Waals surface area contributed by atoms with E-state index in [1.54, 1.807) is 60.7 Å². The highest BCUT2D eigenvalue weighted by molar-refractivity contribution is 6.26. The average molecular weight is 435 g/mol. The third-order valence-corrected chi connectivity index (χ3v) is 4.93. The lowest BCUT2D eigenvalue weighted by atomic mass is 9.99. The summed E-state index contributed by atoms with van der Waals surface area (Å²) in [6.45, 7) is 3.83. The van der Waals surface area contributed by atoms with Crippen molar-refractivity contribution in [3.63, 3.8) is 0 Å². The second-order valence-electron chi connectivity index (χ2n) is 7.73. The highest BCUT2D eigenvalue weighted by Crippen LogP contribution is 2.36. The molecule has 0 aliphatic carbocycles. The smallest absolute Gasteiger partial charge is 0.348 e. The van der Waals surface area contributed by atoms with Crippen LogP contribution in [0.15, 0.2) is 72.2 Å².